The largest absolute Gasteiger partial charge is 0.354 e. The zero-order chi connectivity index (χ0) is 22.3. The summed E-state index contributed by atoms with van der Waals surface area (Å²) in [4.78, 5) is 20.0. The fourth-order valence-electron chi connectivity index (χ4n) is 4.26. The van der Waals surface area contributed by atoms with Crippen LogP contribution in [0.2, 0.25) is 0 Å². The lowest BCUT2D eigenvalue weighted by Gasteiger charge is -2.34. The van der Waals surface area contributed by atoms with E-state index in [0.717, 1.165) is 63.0 Å². The van der Waals surface area contributed by atoms with Gasteiger partial charge in [0.15, 0.2) is 17.6 Å². The van der Waals surface area contributed by atoms with Gasteiger partial charge in [-0.2, -0.15) is 0 Å². The number of halogens is 2. The number of anilines is 2. The summed E-state index contributed by atoms with van der Waals surface area (Å²) >= 11 is 0. The van der Waals surface area contributed by atoms with E-state index >= 15 is 0 Å². The van der Waals surface area contributed by atoms with Crippen molar-refractivity contribution in [2.24, 2.45) is 4.99 Å². The van der Waals surface area contributed by atoms with Gasteiger partial charge in [0.1, 0.15) is 5.82 Å². The Morgan fingerprint density at radius 3 is 2.61 bits per heavy atom. The number of rotatable bonds is 6. The topological polar surface area (TPSA) is 71.9 Å². The molecule has 0 radical (unpaired) electrons. The minimum atomic E-state index is -0.279. The van der Waals surface area contributed by atoms with E-state index in [-0.39, 0.29) is 35.8 Å². The monoisotopic (exact) mass is 568 g/mol. The van der Waals surface area contributed by atoms with Crippen LogP contribution in [0.3, 0.4) is 0 Å². The first-order chi connectivity index (χ1) is 15.7. The van der Waals surface area contributed by atoms with Crippen LogP contribution in [-0.4, -0.2) is 79.7 Å². The summed E-state index contributed by atoms with van der Waals surface area (Å²) in [5.41, 5.74) is 1.10. The molecule has 2 aromatic rings. The van der Waals surface area contributed by atoms with E-state index in [0.29, 0.717) is 18.9 Å². The normalized spacial score (nSPS) is 19.4. The molecule has 8 nitrogen and oxygen atoms in total. The molecule has 0 bridgehead atoms. The second kappa shape index (κ2) is 12.3. The van der Waals surface area contributed by atoms with Gasteiger partial charge in [-0.25, -0.2) is 14.4 Å². The van der Waals surface area contributed by atoms with E-state index in [1.54, 1.807) is 19.3 Å². The highest BCUT2D eigenvalue weighted by atomic mass is 127. The quantitative estimate of drug-likeness (QED) is 0.315. The van der Waals surface area contributed by atoms with Crippen LogP contribution in [-0.2, 0) is 6.54 Å². The molecular formula is C23H34FIN8. The Morgan fingerprint density at radius 2 is 1.94 bits per heavy atom. The summed E-state index contributed by atoms with van der Waals surface area (Å²) < 4.78 is 14.0. The molecule has 10 heteroatoms. The molecule has 0 spiro atoms. The van der Waals surface area contributed by atoms with Gasteiger partial charge >= 0.3 is 0 Å². The summed E-state index contributed by atoms with van der Waals surface area (Å²) in [5, 5.41) is 6.80. The number of aromatic nitrogens is 2. The smallest absolute Gasteiger partial charge is 0.191 e. The first kappa shape index (κ1) is 25.4. The highest BCUT2D eigenvalue weighted by molar-refractivity contribution is 14.0. The van der Waals surface area contributed by atoms with Crippen molar-refractivity contribution >= 4 is 41.6 Å². The Labute approximate surface area is 212 Å². The van der Waals surface area contributed by atoms with Crippen LogP contribution in [0.15, 0.2) is 41.7 Å². The van der Waals surface area contributed by atoms with Crippen molar-refractivity contribution in [3.8, 4) is 0 Å². The maximum absolute atomic E-state index is 14.0. The van der Waals surface area contributed by atoms with Crippen LogP contribution < -0.4 is 20.4 Å². The van der Waals surface area contributed by atoms with Crippen LogP contribution in [0.5, 0.6) is 0 Å². The Bertz CT molecular complexity index is 902. The van der Waals surface area contributed by atoms with Crippen molar-refractivity contribution in [1.29, 1.82) is 0 Å². The van der Waals surface area contributed by atoms with Crippen LogP contribution in [0.1, 0.15) is 18.9 Å². The van der Waals surface area contributed by atoms with Gasteiger partial charge in [0.2, 0.25) is 0 Å². The maximum Gasteiger partial charge on any atom is 0.191 e. The van der Waals surface area contributed by atoms with Crippen molar-refractivity contribution < 1.29 is 4.39 Å². The molecule has 0 aliphatic carbocycles. The summed E-state index contributed by atoms with van der Waals surface area (Å²) in [6, 6.07) is 7.48. The summed E-state index contributed by atoms with van der Waals surface area (Å²) in [5.74, 6) is 1.92. The van der Waals surface area contributed by atoms with Crippen LogP contribution >= 0.6 is 24.0 Å². The van der Waals surface area contributed by atoms with Gasteiger partial charge in [-0.05, 0) is 36.7 Å². The fraction of sp³-hybridized carbons (Fsp3) is 0.522. The van der Waals surface area contributed by atoms with E-state index in [2.05, 4.69) is 54.5 Å². The van der Waals surface area contributed by atoms with Crippen molar-refractivity contribution in [3.63, 3.8) is 0 Å². The number of hydrogen-bond acceptors (Lipinski definition) is 6. The van der Waals surface area contributed by atoms with Crippen molar-refractivity contribution in [1.82, 2.24) is 25.5 Å². The lowest BCUT2D eigenvalue weighted by atomic mass is 10.2. The minimum absolute atomic E-state index is 0. The molecule has 2 aromatic heterocycles. The highest BCUT2D eigenvalue weighted by Gasteiger charge is 2.26. The number of piperazine rings is 1. The number of guanidine groups is 1. The number of likely N-dealkylation sites (N-methyl/N-ethyl adjacent to an activating group) is 1. The Balaban J connectivity index is 0.00000306. The molecule has 2 aliphatic heterocycles. The molecule has 2 fully saturated rings. The first-order valence-electron chi connectivity index (χ1n) is 11.4. The second-order valence-corrected chi connectivity index (χ2v) is 8.26. The first-order valence-corrected chi connectivity index (χ1v) is 11.4. The predicted octanol–water partition coefficient (Wildman–Crippen LogP) is 2.32. The van der Waals surface area contributed by atoms with E-state index in [4.69, 9.17) is 0 Å². The van der Waals surface area contributed by atoms with Gasteiger partial charge in [-0.1, -0.05) is 13.0 Å². The second-order valence-electron chi connectivity index (χ2n) is 8.26. The fourth-order valence-corrected chi connectivity index (χ4v) is 4.26. The molecule has 1 atom stereocenters. The summed E-state index contributed by atoms with van der Waals surface area (Å²) in [6.07, 6.45) is 4.46. The molecule has 33 heavy (non-hydrogen) atoms. The summed E-state index contributed by atoms with van der Waals surface area (Å²) in [7, 11) is 1.76. The van der Waals surface area contributed by atoms with Crippen LogP contribution in [0.4, 0.5) is 16.0 Å². The van der Waals surface area contributed by atoms with E-state index < -0.39 is 0 Å². The number of nitrogens with zero attached hydrogens (tertiary/aromatic N) is 6. The molecule has 4 rings (SSSR count). The minimum Gasteiger partial charge on any atom is -0.354 e. The zero-order valence-corrected chi connectivity index (χ0v) is 21.7. The average Bonchev–Trinajstić information content (AvgIpc) is 3.30. The molecule has 0 saturated carbocycles. The third-order valence-corrected chi connectivity index (χ3v) is 6.20. The van der Waals surface area contributed by atoms with Crippen LogP contribution in [0.25, 0.3) is 0 Å². The van der Waals surface area contributed by atoms with Gasteiger partial charge in [0.05, 0.1) is 0 Å². The number of pyridine rings is 2. The van der Waals surface area contributed by atoms with Gasteiger partial charge in [0, 0.05) is 71.3 Å². The zero-order valence-electron chi connectivity index (χ0n) is 19.4. The number of nitrogens with one attached hydrogen (secondary N) is 2. The van der Waals surface area contributed by atoms with Gasteiger partial charge < -0.3 is 25.3 Å². The van der Waals surface area contributed by atoms with Crippen LogP contribution in [0, 0.1) is 5.82 Å². The lowest BCUT2D eigenvalue weighted by Crippen LogP contribution is -2.46. The Hall–Kier alpha value is -2.21. The third-order valence-electron chi connectivity index (χ3n) is 6.20. The van der Waals surface area contributed by atoms with E-state index in [1.165, 1.54) is 6.07 Å². The average molecular weight is 568 g/mol. The summed E-state index contributed by atoms with van der Waals surface area (Å²) in [6.45, 7) is 9.65. The molecule has 0 aromatic carbocycles. The highest BCUT2D eigenvalue weighted by Crippen LogP contribution is 2.20. The molecule has 2 N–H and O–H groups in total. The van der Waals surface area contributed by atoms with Gasteiger partial charge in [-0.15, -0.1) is 24.0 Å². The van der Waals surface area contributed by atoms with E-state index in [1.807, 2.05) is 11.1 Å². The molecule has 180 valence electrons. The molecule has 2 aliphatic rings. The van der Waals surface area contributed by atoms with Crippen molar-refractivity contribution in [3.05, 3.63) is 48.0 Å². The molecule has 2 saturated heterocycles. The van der Waals surface area contributed by atoms with Gasteiger partial charge in [0.25, 0.3) is 0 Å². The number of hydrogen-bond donors (Lipinski definition) is 2. The molecule has 0 amide bonds. The number of aliphatic imine (C=N–C) groups is 1. The SMILES string of the molecule is CCN1CCN(c2ccc(CNC(=NC)NC3CCN(c4ncccc4F)C3)cn2)CC1.I. The molecule has 4 heterocycles. The molecule has 1 unspecified atom stereocenters. The maximum atomic E-state index is 14.0. The predicted molar refractivity (Wildman–Crippen MR) is 142 cm³/mol. The third kappa shape index (κ3) is 6.66. The molecular weight excluding hydrogens is 534 g/mol. The lowest BCUT2D eigenvalue weighted by molar-refractivity contribution is 0.270. The Kier molecular flexibility index (Phi) is 9.48. The standard InChI is InChI=1S/C23H33FN8.HI/c1-3-30-11-13-31(14-12-30)21-7-6-18(15-27-21)16-28-23(25-2)29-19-8-10-32(17-19)22-20(24)5-4-9-26-22;/h4-7,9,15,19H,3,8,10-14,16-17H2,1-2H3,(H2,25,28,29);1H. The van der Waals surface area contributed by atoms with Crippen molar-refractivity contribution in [2.75, 3.05) is 62.7 Å². The van der Waals surface area contributed by atoms with Crippen molar-refractivity contribution in [2.45, 2.75) is 25.9 Å². The Morgan fingerprint density at radius 1 is 1.12 bits per heavy atom. The van der Waals surface area contributed by atoms with E-state index in [9.17, 15) is 4.39 Å². The van der Waals surface area contributed by atoms with Gasteiger partial charge in [-0.3, -0.25) is 4.99 Å².